The lowest BCUT2D eigenvalue weighted by Crippen LogP contribution is -2.63. The average molecular weight is 703 g/mol. The molecule has 3 aliphatic heterocycles. The van der Waals surface area contributed by atoms with Gasteiger partial charge in [0.15, 0.2) is 24.6 Å². The Morgan fingerprint density at radius 3 is 1.35 bits per heavy atom. The lowest BCUT2D eigenvalue weighted by Gasteiger charge is -2.47. The van der Waals surface area contributed by atoms with Crippen LogP contribution in [0, 0.1) is 17.8 Å². The van der Waals surface area contributed by atoms with Gasteiger partial charge in [0.2, 0.25) is 0 Å². The normalized spacial score (nSPS) is 42.5. The molecule has 48 heavy (non-hydrogen) atoms. The summed E-state index contributed by atoms with van der Waals surface area (Å²) in [7, 11) is 0. The third kappa shape index (κ3) is 8.45. The number of carboxylic acids is 3. The van der Waals surface area contributed by atoms with Crippen LogP contribution in [0.1, 0.15) is 25.7 Å². The zero-order valence-electron chi connectivity index (χ0n) is 25.0. The molecule has 0 saturated carbocycles. The van der Waals surface area contributed by atoms with E-state index in [9.17, 15) is 90.7 Å². The summed E-state index contributed by atoms with van der Waals surface area (Å²) in [6.45, 7) is 0. The van der Waals surface area contributed by atoms with E-state index in [-0.39, 0.29) is 0 Å². The van der Waals surface area contributed by atoms with Gasteiger partial charge < -0.3 is 90.5 Å². The molecule has 0 aromatic rings. The number of ether oxygens (including phenoxy) is 3. The highest BCUT2D eigenvalue weighted by Gasteiger charge is 2.55. The second-order valence-electron chi connectivity index (χ2n) is 12.3. The van der Waals surface area contributed by atoms with Crippen molar-refractivity contribution in [1.29, 1.82) is 0 Å². The number of rotatable bonds is 14. The number of aliphatic hydroxyl groups is 11. The number of carbonyl (C=O) groups excluding carboxylic acids is 1. The topological polar surface area (TPSA) is 379 Å². The van der Waals surface area contributed by atoms with Gasteiger partial charge in [-0.15, -0.1) is 0 Å². The maximum absolute atomic E-state index is 12.2. The highest BCUT2D eigenvalue weighted by Crippen LogP contribution is 2.39. The zero-order valence-corrected chi connectivity index (χ0v) is 25.0. The molecule has 0 bridgehead atoms. The Morgan fingerprint density at radius 1 is 0.542 bits per heavy atom. The fourth-order valence-electron chi connectivity index (χ4n) is 6.58. The minimum Gasteiger partial charge on any atom is -0.479 e. The minimum atomic E-state index is -2.43. The molecule has 3 rings (SSSR count). The summed E-state index contributed by atoms with van der Waals surface area (Å²) in [6, 6.07) is 0. The van der Waals surface area contributed by atoms with Crippen molar-refractivity contribution in [3.63, 3.8) is 0 Å². The second kappa shape index (κ2) is 16.5. The first-order valence-corrected chi connectivity index (χ1v) is 14.9. The quantitative estimate of drug-likeness (QED) is 0.0590. The molecule has 3 fully saturated rings. The fourth-order valence-corrected chi connectivity index (χ4v) is 6.58. The predicted octanol–water partition coefficient (Wildman–Crippen LogP) is -7.29. The molecule has 21 heteroatoms. The molecule has 0 aromatic carbocycles. The molecule has 0 amide bonds. The number of carboxylic acid groups (broad SMARTS) is 3. The summed E-state index contributed by atoms with van der Waals surface area (Å²) in [6.07, 6.45) is -34.1. The van der Waals surface area contributed by atoms with Crippen LogP contribution in [0.2, 0.25) is 0 Å². The average Bonchev–Trinajstić information content (AvgIpc) is 3.02. The van der Waals surface area contributed by atoms with Crippen molar-refractivity contribution < 1.29 is 105 Å². The Bertz CT molecular complexity index is 1120. The Balaban J connectivity index is 1.80. The highest BCUT2D eigenvalue weighted by atomic mass is 16.6. The van der Waals surface area contributed by atoms with E-state index in [0.717, 1.165) is 0 Å². The van der Waals surface area contributed by atoms with Crippen LogP contribution in [0.4, 0.5) is 0 Å². The van der Waals surface area contributed by atoms with Gasteiger partial charge in [-0.3, -0.25) is 0 Å². The standard InChI is InChI=1S/C27H42O21/c28-2-1-6(12(29)20(37)24(38)39)3-9-15(32)13(30)7(21(46-9)25(40)41)4-10-16(33)14(31)8(22(47-10)26(42)43)5-11-17(34)18(35)19(36)23(48-11)27(44)45/h2,6-24,29-39H,1,3-5H2,(H,40,41)(H,42,43)(H,44,45). The molecule has 0 spiro atoms. The van der Waals surface area contributed by atoms with Crippen LogP contribution in [0.15, 0.2) is 0 Å². The molecule has 0 aromatic heterocycles. The fraction of sp³-hybridized carbons (Fsp3) is 0.852. The van der Waals surface area contributed by atoms with Crippen molar-refractivity contribution in [2.45, 2.75) is 124 Å². The van der Waals surface area contributed by atoms with Gasteiger partial charge in [0, 0.05) is 18.3 Å². The Hall–Kier alpha value is -2.48. The van der Waals surface area contributed by atoms with Gasteiger partial charge in [0.1, 0.15) is 42.9 Å². The predicted molar refractivity (Wildman–Crippen MR) is 146 cm³/mol. The van der Waals surface area contributed by atoms with Crippen molar-refractivity contribution in [3.8, 4) is 0 Å². The maximum Gasteiger partial charge on any atom is 0.335 e. The van der Waals surface area contributed by atoms with Crippen molar-refractivity contribution in [3.05, 3.63) is 0 Å². The summed E-state index contributed by atoms with van der Waals surface area (Å²) in [5, 5.41) is 142. The Labute approximate surface area is 270 Å². The van der Waals surface area contributed by atoms with E-state index >= 15 is 0 Å². The largest absolute Gasteiger partial charge is 0.479 e. The monoisotopic (exact) mass is 702 g/mol. The van der Waals surface area contributed by atoms with E-state index in [1.165, 1.54) is 0 Å². The van der Waals surface area contributed by atoms with E-state index in [0.29, 0.717) is 6.29 Å². The lowest BCUT2D eigenvalue weighted by atomic mass is 9.75. The van der Waals surface area contributed by atoms with Crippen LogP contribution in [-0.2, 0) is 33.4 Å². The summed E-state index contributed by atoms with van der Waals surface area (Å²) in [4.78, 5) is 47.0. The van der Waals surface area contributed by atoms with Crippen molar-refractivity contribution in [2.24, 2.45) is 17.8 Å². The summed E-state index contributed by atoms with van der Waals surface area (Å²) in [5.74, 6) is -9.80. The summed E-state index contributed by atoms with van der Waals surface area (Å²) >= 11 is 0. The third-order valence-corrected chi connectivity index (χ3v) is 9.28. The zero-order chi connectivity index (χ0) is 36.4. The van der Waals surface area contributed by atoms with Crippen LogP contribution in [-0.4, -0.2) is 194 Å². The van der Waals surface area contributed by atoms with Crippen LogP contribution in [0.5, 0.6) is 0 Å². The second-order valence-corrected chi connectivity index (χ2v) is 12.3. The molecule has 21 nitrogen and oxygen atoms in total. The first kappa shape index (κ1) is 40.0. The van der Waals surface area contributed by atoms with Crippen LogP contribution in [0.25, 0.3) is 0 Å². The van der Waals surface area contributed by atoms with Crippen molar-refractivity contribution in [1.82, 2.24) is 0 Å². The first-order chi connectivity index (χ1) is 22.3. The molecule has 0 aliphatic carbocycles. The smallest absolute Gasteiger partial charge is 0.335 e. The van der Waals surface area contributed by atoms with E-state index in [1.807, 2.05) is 0 Å². The van der Waals surface area contributed by atoms with Crippen molar-refractivity contribution in [2.75, 3.05) is 0 Å². The van der Waals surface area contributed by atoms with Gasteiger partial charge >= 0.3 is 17.9 Å². The molecule has 18 atom stereocenters. The van der Waals surface area contributed by atoms with E-state index in [1.54, 1.807) is 0 Å². The number of aliphatic hydroxyl groups excluding tert-OH is 10. The lowest BCUT2D eigenvalue weighted by molar-refractivity contribution is -0.254. The third-order valence-electron chi connectivity index (χ3n) is 9.28. The first-order valence-electron chi connectivity index (χ1n) is 14.9. The molecular formula is C27H42O21. The number of hydrogen-bond donors (Lipinski definition) is 14. The molecule has 3 saturated heterocycles. The molecular weight excluding hydrogens is 660 g/mol. The number of hydrogen-bond acceptors (Lipinski definition) is 18. The SMILES string of the molecule is O=CCC(CC1OC(C(=O)O)C(CC2OC(C(=O)O)C(CC3OC(C(=O)O)C(O)C(O)C3O)C(O)C2O)C(O)C1O)C(O)C(O)C(O)O. The van der Waals surface area contributed by atoms with Gasteiger partial charge in [-0.05, 0) is 25.2 Å². The van der Waals surface area contributed by atoms with E-state index in [4.69, 9.17) is 14.2 Å². The van der Waals surface area contributed by atoms with Gasteiger partial charge in [-0.1, -0.05) is 0 Å². The molecule has 276 valence electrons. The number of aliphatic carboxylic acids is 3. The highest BCUT2D eigenvalue weighted by molar-refractivity contribution is 5.74. The Kier molecular flexibility index (Phi) is 13.7. The van der Waals surface area contributed by atoms with E-state index < -0.39 is 159 Å². The summed E-state index contributed by atoms with van der Waals surface area (Å²) < 4.78 is 16.1. The minimum absolute atomic E-state index is 0.295. The van der Waals surface area contributed by atoms with Crippen LogP contribution in [0.3, 0.4) is 0 Å². The van der Waals surface area contributed by atoms with Crippen LogP contribution >= 0.6 is 0 Å². The van der Waals surface area contributed by atoms with Crippen molar-refractivity contribution >= 4 is 24.2 Å². The van der Waals surface area contributed by atoms with E-state index in [2.05, 4.69) is 0 Å². The maximum atomic E-state index is 12.2. The molecule has 0 radical (unpaired) electrons. The molecule has 14 N–H and O–H groups in total. The van der Waals surface area contributed by atoms with Crippen LogP contribution < -0.4 is 0 Å². The molecule has 3 aliphatic rings. The molecule has 3 heterocycles. The summed E-state index contributed by atoms with van der Waals surface area (Å²) in [5.41, 5.74) is 0. The Morgan fingerprint density at radius 2 is 0.938 bits per heavy atom. The number of aldehydes is 1. The van der Waals surface area contributed by atoms with Gasteiger partial charge in [0.05, 0.1) is 36.6 Å². The molecule has 18 unspecified atom stereocenters. The number of carbonyl (C=O) groups is 4. The van der Waals surface area contributed by atoms with Gasteiger partial charge in [-0.2, -0.15) is 0 Å². The van der Waals surface area contributed by atoms with Gasteiger partial charge in [0.25, 0.3) is 0 Å². The van der Waals surface area contributed by atoms with Gasteiger partial charge in [-0.25, -0.2) is 14.4 Å².